The van der Waals surface area contributed by atoms with Gasteiger partial charge in [0.2, 0.25) is 11.8 Å². The Balaban J connectivity index is 0.948. The number of nitrogens with zero attached hydrogens (tertiary/aromatic N) is 4. The van der Waals surface area contributed by atoms with Gasteiger partial charge in [0.15, 0.2) is 0 Å². The lowest BCUT2D eigenvalue weighted by atomic mass is 10.00. The Morgan fingerprint density at radius 3 is 1.77 bits per heavy atom. The molecule has 5 aromatic rings. The van der Waals surface area contributed by atoms with E-state index in [-0.39, 0.29) is 58.6 Å². The zero-order valence-corrected chi connectivity index (χ0v) is 35.3. The standard InChI is InChI=1S/C46H52N8O6/c1-23(2)36(51-43(57)59-7)41(55)53-32(19-45(5)21-34(45)53)39-47-29-15-12-26(18-31(29)49-39)10-9-25-11-14-28-27(17-25)13-16-30-38(28)50-40(48-30)33-20-46(6)22-35(46)54(33)42(56)37(24(3)4)52-44(58)60-8/h11-18,23-24,32-37H,19-22H2,1-8H3,(H,47,49)(H,48,50)(H,51,57)(H,52,58)/t32-,33-,34?,35?,36-,37-,45-,46-/m0/s1. The van der Waals surface area contributed by atoms with Crippen molar-refractivity contribution in [3.05, 3.63) is 71.3 Å². The van der Waals surface area contributed by atoms with Crippen LogP contribution in [0.4, 0.5) is 9.59 Å². The van der Waals surface area contributed by atoms with Crippen LogP contribution >= 0.6 is 0 Å². The highest BCUT2D eigenvalue weighted by molar-refractivity contribution is 6.04. The van der Waals surface area contributed by atoms with E-state index in [1.807, 2.05) is 73.9 Å². The summed E-state index contributed by atoms with van der Waals surface area (Å²) in [5.74, 6) is 7.66. The molecule has 2 aromatic heterocycles. The van der Waals surface area contributed by atoms with Gasteiger partial charge in [-0.15, -0.1) is 0 Å². The van der Waals surface area contributed by atoms with E-state index in [9.17, 15) is 19.2 Å². The number of carbonyl (C=O) groups excluding carboxylic acids is 4. The molecular weight excluding hydrogens is 761 g/mol. The third-order valence-corrected chi connectivity index (χ3v) is 13.5. The van der Waals surface area contributed by atoms with Gasteiger partial charge in [-0.05, 0) is 90.1 Å². The molecule has 312 valence electrons. The van der Waals surface area contributed by atoms with Crippen molar-refractivity contribution in [1.82, 2.24) is 40.4 Å². The van der Waals surface area contributed by atoms with Crippen LogP contribution in [0.3, 0.4) is 0 Å². The van der Waals surface area contributed by atoms with Crippen LogP contribution in [0.2, 0.25) is 0 Å². The van der Waals surface area contributed by atoms with Crippen molar-refractivity contribution in [1.29, 1.82) is 0 Å². The van der Waals surface area contributed by atoms with Crippen molar-refractivity contribution >= 4 is 56.8 Å². The van der Waals surface area contributed by atoms with Crippen molar-refractivity contribution in [2.75, 3.05) is 14.2 Å². The van der Waals surface area contributed by atoms with E-state index in [1.54, 1.807) is 0 Å². The van der Waals surface area contributed by atoms with Gasteiger partial charge in [0, 0.05) is 28.6 Å². The minimum Gasteiger partial charge on any atom is -0.453 e. The van der Waals surface area contributed by atoms with E-state index in [0.29, 0.717) is 0 Å². The Hall–Kier alpha value is -6.10. The number of benzene rings is 3. The summed E-state index contributed by atoms with van der Waals surface area (Å²) in [6.07, 6.45) is 2.21. The minimum absolute atomic E-state index is 0.0191. The molecule has 60 heavy (non-hydrogen) atoms. The van der Waals surface area contributed by atoms with Crippen LogP contribution in [-0.4, -0.2) is 92.1 Å². The maximum atomic E-state index is 14.1. The van der Waals surface area contributed by atoms with Crippen LogP contribution in [-0.2, 0) is 19.1 Å². The molecule has 2 saturated carbocycles. The molecule has 3 aromatic carbocycles. The second-order valence-electron chi connectivity index (χ2n) is 18.5. The lowest BCUT2D eigenvalue weighted by Crippen LogP contribution is -2.52. The molecule has 4 heterocycles. The number of nitrogens with one attached hydrogen (secondary N) is 4. The molecule has 0 spiro atoms. The van der Waals surface area contributed by atoms with Crippen LogP contribution < -0.4 is 10.6 Å². The van der Waals surface area contributed by atoms with E-state index in [4.69, 9.17) is 19.4 Å². The number of alkyl carbamates (subject to hydrolysis) is 2. The number of hydrogen-bond donors (Lipinski definition) is 4. The monoisotopic (exact) mass is 812 g/mol. The Labute approximate surface area is 348 Å². The number of aromatic amines is 2. The first-order valence-electron chi connectivity index (χ1n) is 20.9. The number of ether oxygens (including phenoxy) is 2. The third-order valence-electron chi connectivity index (χ3n) is 13.5. The van der Waals surface area contributed by atoms with E-state index in [1.165, 1.54) is 14.2 Å². The summed E-state index contributed by atoms with van der Waals surface area (Å²) in [5, 5.41) is 7.49. The van der Waals surface area contributed by atoms with E-state index in [2.05, 4.69) is 58.4 Å². The van der Waals surface area contributed by atoms with Crippen LogP contribution in [0, 0.1) is 34.5 Å². The molecule has 4 fully saturated rings. The summed E-state index contributed by atoms with van der Waals surface area (Å²) in [6.45, 7) is 12.1. The molecule has 8 atom stereocenters. The number of aromatic nitrogens is 4. The van der Waals surface area contributed by atoms with Crippen molar-refractivity contribution in [2.45, 2.75) is 103 Å². The molecule has 2 aliphatic carbocycles. The van der Waals surface area contributed by atoms with Crippen molar-refractivity contribution in [3.63, 3.8) is 0 Å². The molecule has 4 N–H and O–H groups in total. The van der Waals surface area contributed by atoms with Gasteiger partial charge in [-0.1, -0.05) is 65.5 Å². The first-order valence-corrected chi connectivity index (χ1v) is 20.9. The zero-order valence-electron chi connectivity index (χ0n) is 35.3. The van der Waals surface area contributed by atoms with Gasteiger partial charge in [-0.25, -0.2) is 19.6 Å². The smallest absolute Gasteiger partial charge is 0.407 e. The van der Waals surface area contributed by atoms with Crippen LogP contribution in [0.25, 0.3) is 32.8 Å². The highest BCUT2D eigenvalue weighted by Crippen LogP contribution is 2.64. The van der Waals surface area contributed by atoms with Gasteiger partial charge in [0.25, 0.3) is 0 Å². The second kappa shape index (κ2) is 14.3. The molecule has 0 radical (unpaired) electrons. The van der Waals surface area contributed by atoms with Gasteiger partial charge in [0.05, 0.1) is 48.4 Å². The lowest BCUT2D eigenvalue weighted by molar-refractivity contribution is -0.137. The minimum atomic E-state index is -0.706. The highest BCUT2D eigenvalue weighted by atomic mass is 16.5. The number of H-pyrrole nitrogens is 2. The van der Waals surface area contributed by atoms with Gasteiger partial charge in [-0.2, -0.15) is 0 Å². The average molecular weight is 813 g/mol. The predicted octanol–water partition coefficient (Wildman–Crippen LogP) is 6.86. The number of amides is 4. The van der Waals surface area contributed by atoms with E-state index < -0.39 is 24.3 Å². The SMILES string of the molecule is COC(=O)N[C@H](C(=O)N1C2C[C@]2(C)C[C@H]1c1nc2ccc(C#Cc3ccc4c(ccc5[nH]c([C@@H]6C[C@@]7(C)CC7N6C(=O)[C@@H](NC(=O)OC)C(C)C)nc54)c3)cc2[nH]1)C(C)C. The lowest BCUT2D eigenvalue weighted by Gasteiger charge is -2.31. The largest absolute Gasteiger partial charge is 0.453 e. The normalized spacial score (nSPS) is 26.1. The van der Waals surface area contributed by atoms with Crippen LogP contribution in [0.5, 0.6) is 0 Å². The summed E-state index contributed by atoms with van der Waals surface area (Å²) >= 11 is 0. The Morgan fingerprint density at radius 1 is 0.700 bits per heavy atom. The first kappa shape index (κ1) is 39.4. The Bertz CT molecular complexity index is 2660. The van der Waals surface area contributed by atoms with Gasteiger partial charge >= 0.3 is 12.2 Å². The Morgan fingerprint density at radius 2 is 1.22 bits per heavy atom. The summed E-state index contributed by atoms with van der Waals surface area (Å²) in [6, 6.07) is 14.4. The number of rotatable bonds is 8. The molecular formula is C46H52N8O6. The number of carbonyl (C=O) groups is 4. The Kier molecular flexibility index (Phi) is 9.37. The second-order valence-corrected chi connectivity index (χ2v) is 18.5. The predicted molar refractivity (Wildman–Crippen MR) is 225 cm³/mol. The fraction of sp³-hybridized carbons (Fsp3) is 0.478. The van der Waals surface area contributed by atoms with Crippen molar-refractivity contribution in [3.8, 4) is 11.8 Å². The molecule has 2 aliphatic heterocycles. The van der Waals surface area contributed by atoms with Gasteiger partial charge in [-0.3, -0.25) is 9.59 Å². The zero-order chi connectivity index (χ0) is 42.4. The fourth-order valence-corrected chi connectivity index (χ4v) is 9.84. The fourth-order valence-electron chi connectivity index (χ4n) is 9.84. The summed E-state index contributed by atoms with van der Waals surface area (Å²) < 4.78 is 9.66. The molecule has 4 amide bonds. The quantitative estimate of drug-likeness (QED) is 0.123. The average Bonchev–Trinajstić information content (AvgIpc) is 3.70. The number of imidazole rings is 2. The number of piperidine rings is 2. The molecule has 14 nitrogen and oxygen atoms in total. The highest BCUT2D eigenvalue weighted by Gasteiger charge is 2.65. The number of methoxy groups -OCH3 is 2. The first-order chi connectivity index (χ1) is 28.6. The van der Waals surface area contributed by atoms with Crippen LogP contribution in [0.1, 0.15) is 102 Å². The maximum absolute atomic E-state index is 14.1. The summed E-state index contributed by atoms with van der Waals surface area (Å²) in [4.78, 5) is 73.3. The number of hydrogen-bond acceptors (Lipinski definition) is 8. The van der Waals surface area contributed by atoms with Gasteiger partial charge < -0.3 is 39.9 Å². The van der Waals surface area contributed by atoms with Crippen molar-refractivity contribution < 1.29 is 28.7 Å². The molecule has 4 aliphatic rings. The van der Waals surface area contributed by atoms with Crippen LogP contribution in [0.15, 0.2) is 48.5 Å². The topological polar surface area (TPSA) is 175 Å². The summed E-state index contributed by atoms with van der Waals surface area (Å²) in [7, 11) is 2.60. The van der Waals surface area contributed by atoms with Gasteiger partial charge in [0.1, 0.15) is 23.7 Å². The molecule has 2 saturated heterocycles. The third kappa shape index (κ3) is 6.68. The molecule has 2 unspecified atom stereocenters. The van der Waals surface area contributed by atoms with E-state index >= 15 is 0 Å². The number of likely N-dealkylation sites (tertiary alicyclic amines) is 2. The maximum Gasteiger partial charge on any atom is 0.407 e. The van der Waals surface area contributed by atoms with Crippen molar-refractivity contribution in [2.24, 2.45) is 22.7 Å². The summed E-state index contributed by atoms with van der Waals surface area (Å²) in [5.41, 5.74) is 5.08. The molecule has 14 heteroatoms. The molecule has 9 rings (SSSR count). The molecule has 0 bridgehead atoms. The van der Waals surface area contributed by atoms with E-state index in [0.717, 1.165) is 81.3 Å². The number of fused-ring (bicyclic) bond motifs is 6.